The van der Waals surface area contributed by atoms with Gasteiger partial charge in [0.1, 0.15) is 0 Å². The van der Waals surface area contributed by atoms with Crippen molar-refractivity contribution in [2.75, 3.05) is 13.2 Å². The summed E-state index contributed by atoms with van der Waals surface area (Å²) in [4.78, 5) is 5.83. The van der Waals surface area contributed by atoms with E-state index >= 15 is 0 Å². The number of allylic oxidation sites excluding steroid dienone is 2. The first-order valence-electron chi connectivity index (χ1n) is 9.40. The average molecular weight is 326 g/mol. The van der Waals surface area contributed by atoms with Gasteiger partial charge in [0.15, 0.2) is 0 Å². The van der Waals surface area contributed by atoms with Crippen LogP contribution in [0.15, 0.2) is 47.2 Å². The fourth-order valence-electron chi connectivity index (χ4n) is 3.61. The van der Waals surface area contributed by atoms with Crippen LogP contribution in [0.4, 0.5) is 0 Å². The highest BCUT2D eigenvalue weighted by Crippen LogP contribution is 2.29. The molecule has 3 nitrogen and oxygen atoms in total. The molecule has 1 aromatic carbocycles. The number of piperidine rings is 1. The molecule has 0 aromatic heterocycles. The van der Waals surface area contributed by atoms with E-state index in [9.17, 15) is 0 Å². The molecule has 1 aromatic rings. The fraction of sp³-hybridized carbons (Fsp3) is 0.524. The second-order valence-electron chi connectivity index (χ2n) is 6.98. The molecule has 2 aliphatic rings. The van der Waals surface area contributed by atoms with Crippen LogP contribution in [0.25, 0.3) is 6.08 Å². The number of hydroxylamine groups is 1. The van der Waals surface area contributed by atoms with Gasteiger partial charge in [-0.15, -0.1) is 0 Å². The zero-order chi connectivity index (χ0) is 16.6. The Bertz CT molecular complexity index is 571. The monoisotopic (exact) mass is 326 g/mol. The molecular weight excluding hydrogens is 296 g/mol. The largest absolute Gasteiger partial charge is 0.314 e. The van der Waals surface area contributed by atoms with Gasteiger partial charge in [-0.2, -0.15) is 0 Å². The molecule has 1 fully saturated rings. The van der Waals surface area contributed by atoms with Gasteiger partial charge in [-0.3, -0.25) is 10.3 Å². The van der Waals surface area contributed by atoms with E-state index < -0.39 is 0 Å². The summed E-state index contributed by atoms with van der Waals surface area (Å²) in [5.74, 6) is 0. The molecule has 24 heavy (non-hydrogen) atoms. The lowest BCUT2D eigenvalue weighted by Crippen LogP contribution is -2.35. The van der Waals surface area contributed by atoms with E-state index in [-0.39, 0.29) is 0 Å². The predicted octanol–water partition coefficient (Wildman–Crippen LogP) is 4.58. The maximum atomic E-state index is 5.83. The molecule has 0 unspecified atom stereocenters. The number of hydrogen-bond acceptors (Lipinski definition) is 3. The highest BCUT2D eigenvalue weighted by molar-refractivity contribution is 5.59. The maximum absolute atomic E-state index is 5.83. The van der Waals surface area contributed by atoms with Gasteiger partial charge in [0.25, 0.3) is 0 Å². The van der Waals surface area contributed by atoms with Crippen molar-refractivity contribution in [1.29, 1.82) is 0 Å². The van der Waals surface area contributed by atoms with E-state index in [0.717, 1.165) is 32.4 Å². The smallest absolute Gasteiger partial charge is 0.0760 e. The van der Waals surface area contributed by atoms with E-state index in [1.807, 2.05) is 0 Å². The standard InChI is InChI=1S/C21H30N2O/c1-17-8-7-11-19(16-18-9-3-2-4-10-18)21(17)23-24-15-13-20-12-5-6-14-22-20/h2-4,9-10,16,20,22-23H,5-8,11-15H2,1H3/t20-/m1/s1. The lowest BCUT2D eigenvalue weighted by atomic mass is 9.91. The summed E-state index contributed by atoms with van der Waals surface area (Å²) < 4.78 is 0. The molecule has 130 valence electrons. The highest BCUT2D eigenvalue weighted by atomic mass is 16.6. The molecular formula is C21H30N2O. The van der Waals surface area contributed by atoms with E-state index in [0.29, 0.717) is 6.04 Å². The minimum Gasteiger partial charge on any atom is -0.314 e. The molecule has 1 atom stereocenters. The van der Waals surface area contributed by atoms with Crippen LogP contribution >= 0.6 is 0 Å². The van der Waals surface area contributed by atoms with Crippen molar-refractivity contribution in [2.24, 2.45) is 0 Å². The Morgan fingerprint density at radius 1 is 1.17 bits per heavy atom. The Morgan fingerprint density at radius 3 is 2.83 bits per heavy atom. The lowest BCUT2D eigenvalue weighted by Gasteiger charge is -2.25. The fourth-order valence-corrected chi connectivity index (χ4v) is 3.61. The quantitative estimate of drug-likeness (QED) is 0.593. The average Bonchev–Trinajstić information content (AvgIpc) is 2.62. The molecule has 0 spiro atoms. The van der Waals surface area contributed by atoms with Gasteiger partial charge in [0.05, 0.1) is 12.3 Å². The van der Waals surface area contributed by atoms with E-state index in [4.69, 9.17) is 4.84 Å². The van der Waals surface area contributed by atoms with E-state index in [2.05, 4.69) is 54.1 Å². The molecule has 0 amide bonds. The van der Waals surface area contributed by atoms with Gasteiger partial charge in [0, 0.05) is 6.04 Å². The summed E-state index contributed by atoms with van der Waals surface area (Å²) in [5.41, 5.74) is 8.48. The molecule has 3 rings (SSSR count). The molecule has 0 saturated carbocycles. The topological polar surface area (TPSA) is 33.3 Å². The molecule has 3 heteroatoms. The van der Waals surface area contributed by atoms with Gasteiger partial charge in [-0.05, 0) is 74.8 Å². The minimum absolute atomic E-state index is 0.626. The minimum atomic E-state index is 0.626. The van der Waals surface area contributed by atoms with Crippen molar-refractivity contribution in [3.8, 4) is 0 Å². The molecule has 1 aliphatic heterocycles. The molecule has 0 bridgehead atoms. The second kappa shape index (κ2) is 9.05. The van der Waals surface area contributed by atoms with E-state index in [1.165, 1.54) is 48.1 Å². The Labute approximate surface area is 146 Å². The normalized spacial score (nSPS) is 23.5. The van der Waals surface area contributed by atoms with Gasteiger partial charge in [-0.1, -0.05) is 36.8 Å². The van der Waals surface area contributed by atoms with Crippen LogP contribution in [0.5, 0.6) is 0 Å². The summed E-state index contributed by atoms with van der Waals surface area (Å²) in [6.07, 6.45) is 10.8. The molecule has 0 radical (unpaired) electrons. The van der Waals surface area contributed by atoms with Crippen LogP contribution in [0, 0.1) is 0 Å². The van der Waals surface area contributed by atoms with Crippen molar-refractivity contribution in [3.63, 3.8) is 0 Å². The van der Waals surface area contributed by atoms with Crippen LogP contribution in [-0.2, 0) is 4.84 Å². The third-order valence-corrected chi connectivity index (χ3v) is 5.04. The molecule has 1 heterocycles. The first-order chi connectivity index (χ1) is 11.8. The number of benzene rings is 1. The SMILES string of the molecule is CC1=C(NOCC[C@H]2CCCCN2)C(=Cc2ccccc2)CCC1. The van der Waals surface area contributed by atoms with Gasteiger partial charge < -0.3 is 5.32 Å². The third-order valence-electron chi connectivity index (χ3n) is 5.04. The lowest BCUT2D eigenvalue weighted by molar-refractivity contribution is 0.0542. The molecule has 1 saturated heterocycles. The van der Waals surface area contributed by atoms with Gasteiger partial charge >= 0.3 is 0 Å². The van der Waals surface area contributed by atoms with Crippen LogP contribution in [0.1, 0.15) is 57.4 Å². The van der Waals surface area contributed by atoms with E-state index in [1.54, 1.807) is 0 Å². The highest BCUT2D eigenvalue weighted by Gasteiger charge is 2.16. The Balaban J connectivity index is 1.55. The first kappa shape index (κ1) is 17.2. The third kappa shape index (κ3) is 4.96. The Hall–Kier alpha value is -1.58. The maximum Gasteiger partial charge on any atom is 0.0760 e. The predicted molar refractivity (Wildman–Crippen MR) is 100 cm³/mol. The van der Waals surface area contributed by atoms with Crippen molar-refractivity contribution in [1.82, 2.24) is 10.8 Å². The van der Waals surface area contributed by atoms with Crippen molar-refractivity contribution in [3.05, 3.63) is 52.7 Å². The van der Waals surface area contributed by atoms with Crippen molar-refractivity contribution in [2.45, 2.75) is 57.9 Å². The number of rotatable bonds is 6. The summed E-state index contributed by atoms with van der Waals surface area (Å²) in [7, 11) is 0. The number of hydrogen-bond donors (Lipinski definition) is 2. The van der Waals surface area contributed by atoms with Crippen molar-refractivity contribution < 1.29 is 4.84 Å². The van der Waals surface area contributed by atoms with Crippen molar-refractivity contribution >= 4 is 6.08 Å². The van der Waals surface area contributed by atoms with Crippen LogP contribution in [-0.4, -0.2) is 19.2 Å². The van der Waals surface area contributed by atoms with Crippen LogP contribution in [0.3, 0.4) is 0 Å². The van der Waals surface area contributed by atoms with Gasteiger partial charge in [0.2, 0.25) is 0 Å². The second-order valence-corrected chi connectivity index (χ2v) is 6.98. The van der Waals surface area contributed by atoms with Crippen LogP contribution in [0.2, 0.25) is 0 Å². The van der Waals surface area contributed by atoms with Gasteiger partial charge in [-0.25, -0.2) is 0 Å². The van der Waals surface area contributed by atoms with Crippen LogP contribution < -0.4 is 10.8 Å². The zero-order valence-corrected chi connectivity index (χ0v) is 14.8. The first-order valence-corrected chi connectivity index (χ1v) is 9.40. The summed E-state index contributed by atoms with van der Waals surface area (Å²) in [5, 5.41) is 3.58. The summed E-state index contributed by atoms with van der Waals surface area (Å²) in [6.45, 7) is 4.13. The summed E-state index contributed by atoms with van der Waals surface area (Å²) >= 11 is 0. The molecule has 1 aliphatic carbocycles. The Morgan fingerprint density at radius 2 is 2.04 bits per heavy atom. The molecule has 2 N–H and O–H groups in total. The Kier molecular flexibility index (Phi) is 6.50. The zero-order valence-electron chi connectivity index (χ0n) is 14.8. The summed E-state index contributed by atoms with van der Waals surface area (Å²) in [6, 6.07) is 11.2. The number of nitrogens with one attached hydrogen (secondary N) is 2.